The lowest BCUT2D eigenvalue weighted by atomic mass is 9.69. The normalized spacial score (nSPS) is 43.7. The summed E-state index contributed by atoms with van der Waals surface area (Å²) in [4.78, 5) is 0. The number of hydrogen-bond acceptors (Lipinski definition) is 1. The number of fused-ring (bicyclic) bond motifs is 1. The zero-order valence-electron chi connectivity index (χ0n) is 12.9. The topological polar surface area (TPSA) is 12.0 Å². The standard InChI is InChI=1S/C18H33N/c1-14-5-4-6-15(11-14)13-19-18-10-9-16-7-2-3-8-17(16)12-18/h14-19H,2-13H2,1H3. The molecule has 0 amide bonds. The van der Waals surface area contributed by atoms with E-state index in [1.165, 1.54) is 77.2 Å². The van der Waals surface area contributed by atoms with E-state index in [0.29, 0.717) is 0 Å². The Morgan fingerprint density at radius 1 is 0.789 bits per heavy atom. The van der Waals surface area contributed by atoms with E-state index in [1.54, 1.807) is 0 Å². The number of hydrogen-bond donors (Lipinski definition) is 1. The molecule has 0 aromatic rings. The fourth-order valence-corrected chi connectivity index (χ4v) is 5.14. The number of nitrogens with one attached hydrogen (secondary N) is 1. The zero-order chi connectivity index (χ0) is 13.1. The first-order valence-electron chi connectivity index (χ1n) is 9.04. The maximum atomic E-state index is 3.94. The molecular weight excluding hydrogens is 230 g/mol. The van der Waals surface area contributed by atoms with Crippen LogP contribution in [0.15, 0.2) is 0 Å². The van der Waals surface area contributed by atoms with Gasteiger partial charge in [-0.3, -0.25) is 0 Å². The van der Waals surface area contributed by atoms with Crippen LogP contribution in [0, 0.1) is 23.7 Å². The molecule has 5 atom stereocenters. The average Bonchev–Trinajstić information content (AvgIpc) is 2.45. The van der Waals surface area contributed by atoms with E-state index in [1.807, 2.05) is 0 Å². The van der Waals surface area contributed by atoms with Crippen molar-refractivity contribution in [1.29, 1.82) is 0 Å². The molecule has 3 aliphatic carbocycles. The molecule has 0 radical (unpaired) electrons. The highest BCUT2D eigenvalue weighted by Gasteiger charge is 2.32. The highest BCUT2D eigenvalue weighted by Crippen LogP contribution is 2.40. The second-order valence-corrected chi connectivity index (χ2v) is 7.86. The Balaban J connectivity index is 1.40. The van der Waals surface area contributed by atoms with Crippen molar-refractivity contribution < 1.29 is 0 Å². The van der Waals surface area contributed by atoms with Gasteiger partial charge in [-0.25, -0.2) is 0 Å². The van der Waals surface area contributed by atoms with Crippen LogP contribution < -0.4 is 5.32 Å². The van der Waals surface area contributed by atoms with E-state index < -0.39 is 0 Å². The van der Waals surface area contributed by atoms with Crippen LogP contribution >= 0.6 is 0 Å². The first-order chi connectivity index (χ1) is 9.31. The summed E-state index contributed by atoms with van der Waals surface area (Å²) >= 11 is 0. The maximum Gasteiger partial charge on any atom is 0.00700 e. The highest BCUT2D eigenvalue weighted by molar-refractivity contribution is 4.86. The van der Waals surface area contributed by atoms with Gasteiger partial charge >= 0.3 is 0 Å². The monoisotopic (exact) mass is 263 g/mol. The van der Waals surface area contributed by atoms with Crippen LogP contribution in [0.2, 0.25) is 0 Å². The van der Waals surface area contributed by atoms with Crippen molar-refractivity contribution in [2.45, 2.75) is 83.6 Å². The van der Waals surface area contributed by atoms with Gasteiger partial charge in [-0.15, -0.1) is 0 Å². The van der Waals surface area contributed by atoms with Crippen molar-refractivity contribution in [2.24, 2.45) is 23.7 Å². The molecule has 0 aliphatic heterocycles. The second-order valence-electron chi connectivity index (χ2n) is 7.86. The summed E-state index contributed by atoms with van der Waals surface area (Å²) in [5.74, 6) is 4.13. The van der Waals surface area contributed by atoms with Crippen LogP contribution in [-0.4, -0.2) is 12.6 Å². The molecule has 3 saturated carbocycles. The minimum absolute atomic E-state index is 0.858. The molecule has 3 aliphatic rings. The van der Waals surface area contributed by atoms with Crippen molar-refractivity contribution in [1.82, 2.24) is 5.32 Å². The summed E-state index contributed by atoms with van der Waals surface area (Å²) in [5.41, 5.74) is 0. The van der Waals surface area contributed by atoms with Gasteiger partial charge in [0.2, 0.25) is 0 Å². The molecule has 3 fully saturated rings. The van der Waals surface area contributed by atoms with Crippen LogP contribution in [0.4, 0.5) is 0 Å². The van der Waals surface area contributed by atoms with Crippen LogP contribution in [0.5, 0.6) is 0 Å². The lowest BCUT2D eigenvalue weighted by Gasteiger charge is -2.40. The third-order valence-electron chi connectivity index (χ3n) is 6.28. The van der Waals surface area contributed by atoms with Crippen LogP contribution in [0.3, 0.4) is 0 Å². The van der Waals surface area contributed by atoms with Gasteiger partial charge in [0.15, 0.2) is 0 Å². The quantitative estimate of drug-likeness (QED) is 0.774. The van der Waals surface area contributed by atoms with E-state index in [-0.39, 0.29) is 0 Å². The molecular formula is C18H33N. The first-order valence-corrected chi connectivity index (χ1v) is 9.04. The Hall–Kier alpha value is -0.0400. The molecule has 0 aromatic heterocycles. The van der Waals surface area contributed by atoms with E-state index in [0.717, 1.165) is 29.7 Å². The third kappa shape index (κ3) is 3.74. The molecule has 5 unspecified atom stereocenters. The van der Waals surface area contributed by atoms with Crippen molar-refractivity contribution in [3.8, 4) is 0 Å². The Bertz CT molecular complexity index is 275. The van der Waals surface area contributed by atoms with E-state index in [9.17, 15) is 0 Å². The molecule has 110 valence electrons. The van der Waals surface area contributed by atoms with Gasteiger partial charge in [0.05, 0.1) is 0 Å². The van der Waals surface area contributed by atoms with Gasteiger partial charge in [0, 0.05) is 6.04 Å². The molecule has 3 rings (SSSR count). The third-order valence-corrected chi connectivity index (χ3v) is 6.28. The zero-order valence-corrected chi connectivity index (χ0v) is 12.9. The fraction of sp³-hybridized carbons (Fsp3) is 1.00. The van der Waals surface area contributed by atoms with Gasteiger partial charge in [-0.05, 0) is 62.3 Å². The summed E-state index contributed by atoms with van der Waals surface area (Å²) in [6.45, 7) is 3.76. The second kappa shape index (κ2) is 6.61. The molecule has 1 heteroatoms. The summed E-state index contributed by atoms with van der Waals surface area (Å²) in [7, 11) is 0. The Morgan fingerprint density at radius 2 is 1.63 bits per heavy atom. The highest BCUT2D eigenvalue weighted by atomic mass is 14.9. The SMILES string of the molecule is CC1CCCC(CNC2CCC3CCCCC3C2)C1. The molecule has 0 saturated heterocycles. The van der Waals surface area contributed by atoms with Gasteiger partial charge < -0.3 is 5.32 Å². The smallest absolute Gasteiger partial charge is 0.00700 e. The Kier molecular flexibility index (Phi) is 4.84. The molecule has 0 bridgehead atoms. The van der Waals surface area contributed by atoms with Crippen LogP contribution in [0.1, 0.15) is 77.6 Å². The Morgan fingerprint density at radius 3 is 2.47 bits per heavy atom. The van der Waals surface area contributed by atoms with Crippen LogP contribution in [0.25, 0.3) is 0 Å². The summed E-state index contributed by atoms with van der Waals surface area (Å²) < 4.78 is 0. The fourth-order valence-electron chi connectivity index (χ4n) is 5.14. The Labute approximate surface area is 119 Å². The maximum absolute atomic E-state index is 3.94. The van der Waals surface area contributed by atoms with Gasteiger partial charge in [0.25, 0.3) is 0 Å². The lowest BCUT2D eigenvalue weighted by Crippen LogP contribution is -2.41. The van der Waals surface area contributed by atoms with Gasteiger partial charge in [-0.1, -0.05) is 45.4 Å². The van der Waals surface area contributed by atoms with Gasteiger partial charge in [-0.2, -0.15) is 0 Å². The molecule has 1 N–H and O–H groups in total. The summed E-state index contributed by atoms with van der Waals surface area (Å²) in [6.07, 6.45) is 16.5. The molecule has 0 aromatic carbocycles. The predicted octanol–water partition coefficient (Wildman–Crippen LogP) is 4.76. The minimum atomic E-state index is 0.858. The average molecular weight is 263 g/mol. The molecule has 1 nitrogen and oxygen atoms in total. The van der Waals surface area contributed by atoms with E-state index in [4.69, 9.17) is 0 Å². The van der Waals surface area contributed by atoms with Crippen molar-refractivity contribution >= 4 is 0 Å². The molecule has 0 spiro atoms. The molecule has 0 heterocycles. The van der Waals surface area contributed by atoms with Crippen molar-refractivity contribution in [3.05, 3.63) is 0 Å². The minimum Gasteiger partial charge on any atom is -0.314 e. The van der Waals surface area contributed by atoms with Crippen molar-refractivity contribution in [3.63, 3.8) is 0 Å². The van der Waals surface area contributed by atoms with Gasteiger partial charge in [0.1, 0.15) is 0 Å². The predicted molar refractivity (Wildman–Crippen MR) is 82.2 cm³/mol. The molecule has 19 heavy (non-hydrogen) atoms. The summed E-state index contributed by atoms with van der Waals surface area (Å²) in [6, 6.07) is 0.858. The summed E-state index contributed by atoms with van der Waals surface area (Å²) in [5, 5.41) is 3.94. The largest absolute Gasteiger partial charge is 0.314 e. The van der Waals surface area contributed by atoms with Crippen LogP contribution in [-0.2, 0) is 0 Å². The van der Waals surface area contributed by atoms with E-state index in [2.05, 4.69) is 12.2 Å². The van der Waals surface area contributed by atoms with Crippen molar-refractivity contribution in [2.75, 3.05) is 6.54 Å². The lowest BCUT2D eigenvalue weighted by molar-refractivity contribution is 0.138. The van der Waals surface area contributed by atoms with E-state index >= 15 is 0 Å². The first kappa shape index (κ1) is 13.9. The number of rotatable bonds is 3.